The van der Waals surface area contributed by atoms with Gasteiger partial charge in [0.25, 0.3) is 0 Å². The van der Waals surface area contributed by atoms with Crippen LogP contribution in [0.4, 0.5) is 4.79 Å². The second-order valence-electron chi connectivity index (χ2n) is 12.2. The summed E-state index contributed by atoms with van der Waals surface area (Å²) in [6.45, 7) is 15.2. The summed E-state index contributed by atoms with van der Waals surface area (Å²) >= 11 is 0. The minimum atomic E-state index is -4.18. The Labute approximate surface area is 329 Å². The molecular formula is C34H62N4O16P2. The Morgan fingerprint density at radius 2 is 1.09 bits per heavy atom. The van der Waals surface area contributed by atoms with Gasteiger partial charge >= 0.3 is 33.4 Å². The number of ether oxygens (including phenoxy) is 4. The molecule has 0 aliphatic carbocycles. The fourth-order valence-corrected chi connectivity index (χ4v) is 7.21. The second kappa shape index (κ2) is 30.9. The van der Waals surface area contributed by atoms with Crippen LogP contribution >= 0.6 is 15.4 Å². The van der Waals surface area contributed by atoms with Crippen molar-refractivity contribution in [1.82, 2.24) is 21.3 Å². The van der Waals surface area contributed by atoms with Crippen molar-refractivity contribution >= 4 is 45.2 Å². The summed E-state index contributed by atoms with van der Waals surface area (Å²) in [6, 6.07) is -1.88. The predicted octanol–water partition coefficient (Wildman–Crippen LogP) is 3.16. The maximum Gasteiger partial charge on any atom is 0.475 e. The third-order valence-corrected chi connectivity index (χ3v) is 10.1. The lowest BCUT2D eigenvalue weighted by molar-refractivity contribution is -0.147. The molecule has 0 fully saturated rings. The highest BCUT2D eigenvalue weighted by atomic mass is 31.2. The van der Waals surface area contributed by atoms with Crippen molar-refractivity contribution in [2.24, 2.45) is 0 Å². The third-order valence-electron chi connectivity index (χ3n) is 6.76. The van der Waals surface area contributed by atoms with Gasteiger partial charge < -0.3 is 49.3 Å². The first kappa shape index (κ1) is 52.8. The van der Waals surface area contributed by atoms with E-state index >= 15 is 0 Å². The fraction of sp³-hybridized carbons (Fsp3) is 0.735. The smallest absolute Gasteiger partial charge is 0.463 e. The number of carbonyl (C=O) groups excluding carboxylic acids is 5. The van der Waals surface area contributed by atoms with Gasteiger partial charge in [0.1, 0.15) is 12.2 Å². The summed E-state index contributed by atoms with van der Waals surface area (Å²) in [5.74, 6) is -1.51. The van der Waals surface area contributed by atoms with E-state index in [0.29, 0.717) is 12.8 Å². The average Bonchev–Trinajstić information content (AvgIpc) is 3.10. The van der Waals surface area contributed by atoms with Crippen LogP contribution in [-0.2, 0) is 69.9 Å². The molecule has 0 saturated heterocycles. The Morgan fingerprint density at radius 3 is 1.59 bits per heavy atom. The number of phosphoric ester groups is 1. The number of esters is 2. The van der Waals surface area contributed by atoms with Crippen LogP contribution in [0.2, 0.25) is 0 Å². The van der Waals surface area contributed by atoms with Crippen molar-refractivity contribution < 1.29 is 74.7 Å². The van der Waals surface area contributed by atoms with Gasteiger partial charge in [0.15, 0.2) is 0 Å². The van der Waals surface area contributed by atoms with Crippen LogP contribution in [0.1, 0.15) is 60.8 Å². The highest BCUT2D eigenvalue weighted by Crippen LogP contribution is 2.50. The van der Waals surface area contributed by atoms with Gasteiger partial charge in [-0.3, -0.25) is 37.3 Å². The summed E-state index contributed by atoms with van der Waals surface area (Å²) in [7, 11) is -7.88. The third kappa shape index (κ3) is 30.0. The van der Waals surface area contributed by atoms with Gasteiger partial charge in [-0.2, -0.15) is 0 Å². The Balaban J connectivity index is 4.89. The van der Waals surface area contributed by atoms with Crippen molar-refractivity contribution in [3.8, 4) is 0 Å². The molecule has 0 rings (SSSR count). The zero-order chi connectivity index (χ0) is 42.4. The molecule has 0 saturated carbocycles. The molecule has 2 unspecified atom stereocenters. The monoisotopic (exact) mass is 844 g/mol. The quantitative estimate of drug-likeness (QED) is 0.0314. The highest BCUT2D eigenvalue weighted by Gasteiger charge is 2.29. The number of urea groups is 1. The van der Waals surface area contributed by atoms with E-state index in [0.717, 1.165) is 0 Å². The molecule has 4 N–H and O–H groups in total. The Hall–Kier alpha value is -3.19. The summed E-state index contributed by atoms with van der Waals surface area (Å²) in [4.78, 5) is 58.0. The summed E-state index contributed by atoms with van der Waals surface area (Å²) in [6.07, 6.45) is 3.01. The van der Waals surface area contributed by atoms with Crippen LogP contribution in [-0.4, -0.2) is 133 Å². The summed E-state index contributed by atoms with van der Waals surface area (Å²) < 4.78 is 75.0. The van der Waals surface area contributed by atoms with E-state index in [2.05, 4.69) is 34.4 Å². The largest absolute Gasteiger partial charge is 0.475 e. The number of hydrogen-bond acceptors (Lipinski definition) is 16. The van der Waals surface area contributed by atoms with E-state index in [1.54, 1.807) is 13.8 Å². The Bertz CT molecular complexity index is 1210. The lowest BCUT2D eigenvalue weighted by atomic mass is 10.2. The molecular weight excluding hydrogens is 782 g/mol. The number of amides is 4. The van der Waals surface area contributed by atoms with Crippen LogP contribution in [0.15, 0.2) is 25.3 Å². The number of phosphoric acid groups is 1. The van der Waals surface area contributed by atoms with Gasteiger partial charge in [0.05, 0.1) is 77.7 Å². The van der Waals surface area contributed by atoms with Gasteiger partial charge in [-0.15, -0.1) is 13.2 Å². The van der Waals surface area contributed by atoms with E-state index in [-0.39, 0.29) is 109 Å². The number of carbonyl (C=O) groups is 5. The minimum absolute atomic E-state index is 0.0115. The lowest BCUT2D eigenvalue weighted by Gasteiger charge is -2.23. The number of rotatable bonds is 34. The van der Waals surface area contributed by atoms with Gasteiger partial charge in [-0.1, -0.05) is 12.2 Å². The van der Waals surface area contributed by atoms with Gasteiger partial charge in [-0.05, 0) is 20.3 Å². The zero-order valence-electron chi connectivity index (χ0n) is 33.4. The summed E-state index contributed by atoms with van der Waals surface area (Å²) in [5, 5.41) is 10.4. The molecule has 0 aliphatic heterocycles. The van der Waals surface area contributed by atoms with Gasteiger partial charge in [-0.25, -0.2) is 9.36 Å². The van der Waals surface area contributed by atoms with Crippen LogP contribution in [0.3, 0.4) is 0 Å². The van der Waals surface area contributed by atoms with Crippen molar-refractivity contribution in [2.45, 2.75) is 85.1 Å². The molecule has 56 heavy (non-hydrogen) atoms. The van der Waals surface area contributed by atoms with Crippen LogP contribution in [0.5, 0.6) is 0 Å². The van der Waals surface area contributed by atoms with E-state index < -0.39 is 45.5 Å². The first-order valence-corrected chi connectivity index (χ1v) is 21.3. The van der Waals surface area contributed by atoms with E-state index in [1.807, 2.05) is 0 Å². The summed E-state index contributed by atoms with van der Waals surface area (Å²) in [5.41, 5.74) is 0. The topological polar surface area (TPSA) is 251 Å². The normalized spacial score (nSPS) is 15.4. The Kier molecular flexibility index (Phi) is 29.1. The van der Waals surface area contributed by atoms with E-state index in [1.165, 1.54) is 39.8 Å². The molecule has 0 aromatic heterocycles. The molecule has 0 aliphatic rings. The molecule has 0 aromatic carbocycles. The van der Waals surface area contributed by atoms with Crippen LogP contribution < -0.4 is 21.3 Å². The van der Waals surface area contributed by atoms with Crippen molar-refractivity contribution in [3.05, 3.63) is 25.3 Å². The van der Waals surface area contributed by atoms with Crippen LogP contribution in [0.25, 0.3) is 0 Å². The lowest BCUT2D eigenvalue weighted by Crippen LogP contribution is -2.40. The highest BCUT2D eigenvalue weighted by molar-refractivity contribution is 7.53. The molecule has 324 valence electrons. The van der Waals surface area contributed by atoms with Crippen molar-refractivity contribution in [3.63, 3.8) is 0 Å². The van der Waals surface area contributed by atoms with E-state index in [4.69, 9.17) is 41.6 Å². The van der Waals surface area contributed by atoms with Crippen molar-refractivity contribution in [2.75, 3.05) is 78.7 Å². The molecule has 0 aromatic rings. The first-order valence-electron chi connectivity index (χ1n) is 18.1. The van der Waals surface area contributed by atoms with Gasteiger partial charge in [0.2, 0.25) is 11.8 Å². The molecule has 0 radical (unpaired) electrons. The molecule has 0 heterocycles. The molecule has 22 heteroatoms. The number of hydrogen-bond donors (Lipinski definition) is 4. The maximum atomic E-state index is 13.4. The molecule has 0 bridgehead atoms. The second-order valence-corrected chi connectivity index (χ2v) is 16.1. The van der Waals surface area contributed by atoms with Crippen molar-refractivity contribution in [1.29, 1.82) is 0 Å². The zero-order valence-corrected chi connectivity index (χ0v) is 35.2. The molecule has 6 atom stereocenters. The molecule has 20 nitrogen and oxygen atoms in total. The maximum absolute atomic E-state index is 13.4. The molecule has 0 spiro atoms. The minimum Gasteiger partial charge on any atom is -0.463 e. The standard InChI is InChI=1S/C34H62N4O16P2/c1-9-16-48-55(44,22-13-32(37-28(5)39)23-46-18-11-26(3)53-30(7)41)49-20-14-35-34(43)36-15-21-51-56(45,50-17-10-2)52-25-33(38-29(6)40)24-47-19-12-27(4)54-31(8)42/h9-10,26-27,32-33H,1-2,11-25H2,3-8H3,(H,37,39)(H,38,40)(H2,35,36,43)/t26-,27-,32-,33+,55?,56?/m1/s1. The number of nitrogens with one attached hydrogen (secondary N) is 4. The average molecular weight is 845 g/mol. The van der Waals surface area contributed by atoms with E-state index in [9.17, 15) is 33.1 Å². The predicted molar refractivity (Wildman–Crippen MR) is 205 cm³/mol. The molecule has 4 amide bonds. The first-order chi connectivity index (χ1) is 26.4. The fourth-order valence-electron chi connectivity index (χ4n) is 4.36. The SMILES string of the molecule is C=CCOP(=O)(CC[C@H](COCC[C@@H](C)OC(C)=O)NC(C)=O)OCCNC(=O)NCCOP(=O)(OCC=C)OC[C@H](COCC[C@@H](C)OC(C)=O)NC(C)=O. The Morgan fingerprint density at radius 1 is 0.607 bits per heavy atom. The van der Waals surface area contributed by atoms with Crippen LogP contribution in [0, 0.1) is 0 Å². The van der Waals surface area contributed by atoms with Gasteiger partial charge in [0, 0.05) is 53.6 Å².